The van der Waals surface area contributed by atoms with Crippen molar-refractivity contribution in [2.45, 2.75) is 57.0 Å². The van der Waals surface area contributed by atoms with E-state index in [4.69, 9.17) is 0 Å². The zero-order valence-electron chi connectivity index (χ0n) is 13.7. The molecule has 1 saturated carbocycles. The van der Waals surface area contributed by atoms with Crippen molar-refractivity contribution in [2.24, 2.45) is 0 Å². The van der Waals surface area contributed by atoms with Gasteiger partial charge in [0.2, 0.25) is 5.91 Å². The number of nitrogens with zero attached hydrogens (tertiary/aromatic N) is 2. The Morgan fingerprint density at radius 1 is 1.19 bits per heavy atom. The number of carbonyl (C=O) groups excluding carboxylic acids is 1. The molecule has 0 aromatic carbocycles. The highest BCUT2D eigenvalue weighted by molar-refractivity contribution is 5.87. The summed E-state index contributed by atoms with van der Waals surface area (Å²) in [7, 11) is 4.01. The van der Waals surface area contributed by atoms with E-state index in [-0.39, 0.29) is 5.91 Å². The number of carbonyl (C=O) groups is 1. The molecule has 0 spiro atoms. The molecule has 1 saturated heterocycles. The number of hydrogen-bond acceptors (Lipinski definition) is 3. The SMILES string of the molecule is CN(C)C/C=C/C(=O)NC1CCCN(C2CCCCC2)C1. The first kappa shape index (κ1) is 16.5. The first-order valence-corrected chi connectivity index (χ1v) is 8.51. The molecule has 1 heterocycles. The Morgan fingerprint density at radius 3 is 2.67 bits per heavy atom. The topological polar surface area (TPSA) is 35.6 Å². The molecule has 120 valence electrons. The molecule has 1 aliphatic carbocycles. The molecule has 0 radical (unpaired) electrons. The Kier molecular flexibility index (Phi) is 6.71. The van der Waals surface area contributed by atoms with Crippen LogP contribution in [0.15, 0.2) is 12.2 Å². The number of piperidine rings is 1. The van der Waals surface area contributed by atoms with Crippen LogP contribution in [0.2, 0.25) is 0 Å². The molecule has 1 unspecified atom stereocenters. The Labute approximate surface area is 129 Å². The molecule has 1 amide bonds. The van der Waals surface area contributed by atoms with Gasteiger partial charge < -0.3 is 10.2 Å². The van der Waals surface area contributed by atoms with E-state index in [2.05, 4.69) is 15.1 Å². The Morgan fingerprint density at radius 2 is 1.95 bits per heavy atom. The monoisotopic (exact) mass is 293 g/mol. The van der Waals surface area contributed by atoms with Crippen molar-refractivity contribution in [3.05, 3.63) is 12.2 Å². The van der Waals surface area contributed by atoms with E-state index in [9.17, 15) is 4.79 Å². The fourth-order valence-corrected chi connectivity index (χ4v) is 3.52. The number of likely N-dealkylation sites (tertiary alicyclic amines) is 1. The van der Waals surface area contributed by atoms with Crippen LogP contribution in [0.3, 0.4) is 0 Å². The molecule has 1 aliphatic heterocycles. The first-order chi connectivity index (χ1) is 10.1. The minimum absolute atomic E-state index is 0.0624. The molecule has 0 bridgehead atoms. The van der Waals surface area contributed by atoms with Crippen LogP contribution in [0.25, 0.3) is 0 Å². The van der Waals surface area contributed by atoms with Gasteiger partial charge in [-0.05, 0) is 46.3 Å². The van der Waals surface area contributed by atoms with Crippen molar-refractivity contribution in [2.75, 3.05) is 33.7 Å². The summed E-state index contributed by atoms with van der Waals surface area (Å²) >= 11 is 0. The molecule has 4 nitrogen and oxygen atoms in total. The summed E-state index contributed by atoms with van der Waals surface area (Å²) in [5, 5.41) is 3.18. The highest BCUT2D eigenvalue weighted by Crippen LogP contribution is 2.25. The van der Waals surface area contributed by atoms with Crippen LogP contribution in [0, 0.1) is 0 Å². The van der Waals surface area contributed by atoms with Crippen molar-refractivity contribution in [3.8, 4) is 0 Å². The number of amides is 1. The third-order valence-corrected chi connectivity index (χ3v) is 4.63. The predicted octanol–water partition coefficient (Wildman–Crippen LogP) is 2.02. The minimum atomic E-state index is 0.0624. The smallest absolute Gasteiger partial charge is 0.243 e. The maximum Gasteiger partial charge on any atom is 0.243 e. The van der Waals surface area contributed by atoms with Crippen molar-refractivity contribution in [1.29, 1.82) is 0 Å². The fraction of sp³-hybridized carbons (Fsp3) is 0.824. The van der Waals surface area contributed by atoms with Crippen molar-refractivity contribution in [1.82, 2.24) is 15.1 Å². The highest BCUT2D eigenvalue weighted by Gasteiger charge is 2.27. The van der Waals surface area contributed by atoms with E-state index in [1.54, 1.807) is 6.08 Å². The van der Waals surface area contributed by atoms with Gasteiger partial charge in [-0.15, -0.1) is 0 Å². The molecule has 4 heteroatoms. The summed E-state index contributed by atoms with van der Waals surface area (Å²) in [6, 6.07) is 1.10. The largest absolute Gasteiger partial charge is 0.349 e. The molecule has 1 atom stereocenters. The average molecular weight is 293 g/mol. The predicted molar refractivity (Wildman–Crippen MR) is 87.3 cm³/mol. The third kappa shape index (κ3) is 5.79. The van der Waals surface area contributed by atoms with Crippen LogP contribution >= 0.6 is 0 Å². The zero-order chi connectivity index (χ0) is 15.1. The van der Waals surface area contributed by atoms with Crippen LogP contribution < -0.4 is 5.32 Å². The molecule has 2 aliphatic rings. The summed E-state index contributed by atoms with van der Waals surface area (Å²) in [5.41, 5.74) is 0. The van der Waals surface area contributed by atoms with Gasteiger partial charge in [0.25, 0.3) is 0 Å². The zero-order valence-corrected chi connectivity index (χ0v) is 13.7. The van der Waals surface area contributed by atoms with E-state index in [1.807, 2.05) is 20.2 Å². The second kappa shape index (κ2) is 8.54. The second-order valence-corrected chi connectivity index (χ2v) is 6.80. The molecule has 1 N–H and O–H groups in total. The van der Waals surface area contributed by atoms with Crippen LogP contribution in [-0.2, 0) is 4.79 Å². The lowest BCUT2D eigenvalue weighted by atomic mass is 9.92. The van der Waals surface area contributed by atoms with Crippen molar-refractivity contribution in [3.63, 3.8) is 0 Å². The van der Waals surface area contributed by atoms with Gasteiger partial charge in [-0.2, -0.15) is 0 Å². The molecule has 0 aromatic heterocycles. The van der Waals surface area contributed by atoms with E-state index >= 15 is 0 Å². The van der Waals surface area contributed by atoms with Gasteiger partial charge in [0, 0.05) is 31.2 Å². The Balaban J connectivity index is 1.75. The third-order valence-electron chi connectivity index (χ3n) is 4.63. The number of nitrogens with one attached hydrogen (secondary N) is 1. The highest BCUT2D eigenvalue weighted by atomic mass is 16.1. The quantitative estimate of drug-likeness (QED) is 0.788. The van der Waals surface area contributed by atoms with Gasteiger partial charge in [-0.3, -0.25) is 9.69 Å². The van der Waals surface area contributed by atoms with Crippen LogP contribution in [0.1, 0.15) is 44.9 Å². The van der Waals surface area contributed by atoms with Gasteiger partial charge in [0.15, 0.2) is 0 Å². The first-order valence-electron chi connectivity index (χ1n) is 8.51. The van der Waals surface area contributed by atoms with E-state index in [0.717, 1.165) is 25.6 Å². The Hall–Kier alpha value is -0.870. The molecule has 0 aromatic rings. The number of hydrogen-bond donors (Lipinski definition) is 1. The Bertz CT molecular complexity index is 348. The fourth-order valence-electron chi connectivity index (χ4n) is 3.52. The molecule has 21 heavy (non-hydrogen) atoms. The minimum Gasteiger partial charge on any atom is -0.349 e. The van der Waals surface area contributed by atoms with E-state index < -0.39 is 0 Å². The standard InChI is InChI=1S/C17H31N3O/c1-19(2)12-7-11-17(21)18-15-8-6-13-20(14-15)16-9-4-3-5-10-16/h7,11,15-16H,3-6,8-10,12-14H2,1-2H3,(H,18,21)/b11-7+. The van der Waals surface area contributed by atoms with Crippen LogP contribution in [0.4, 0.5) is 0 Å². The van der Waals surface area contributed by atoms with Crippen molar-refractivity contribution < 1.29 is 4.79 Å². The molecular weight excluding hydrogens is 262 g/mol. The second-order valence-electron chi connectivity index (χ2n) is 6.80. The summed E-state index contributed by atoms with van der Waals surface area (Å²) in [4.78, 5) is 16.6. The van der Waals surface area contributed by atoms with Gasteiger partial charge in [-0.25, -0.2) is 0 Å². The van der Waals surface area contributed by atoms with E-state index in [1.165, 1.54) is 45.1 Å². The lowest BCUT2D eigenvalue weighted by Crippen LogP contribution is -2.51. The van der Waals surface area contributed by atoms with E-state index in [0.29, 0.717) is 6.04 Å². The molecule has 2 fully saturated rings. The van der Waals surface area contributed by atoms with Gasteiger partial charge in [-0.1, -0.05) is 25.3 Å². The normalized spacial score (nSPS) is 25.6. The van der Waals surface area contributed by atoms with Crippen LogP contribution in [0.5, 0.6) is 0 Å². The van der Waals surface area contributed by atoms with Gasteiger partial charge >= 0.3 is 0 Å². The molecule has 2 rings (SSSR count). The lowest BCUT2D eigenvalue weighted by molar-refractivity contribution is -0.117. The van der Waals surface area contributed by atoms with Crippen LogP contribution in [-0.4, -0.2) is 61.5 Å². The number of likely N-dealkylation sites (N-methyl/N-ethyl adjacent to an activating group) is 1. The van der Waals surface area contributed by atoms with Gasteiger partial charge in [0.05, 0.1) is 0 Å². The summed E-state index contributed by atoms with van der Waals surface area (Å²) in [5.74, 6) is 0.0624. The maximum absolute atomic E-state index is 11.9. The van der Waals surface area contributed by atoms with Gasteiger partial charge in [0.1, 0.15) is 0 Å². The van der Waals surface area contributed by atoms with Crippen molar-refractivity contribution >= 4 is 5.91 Å². The maximum atomic E-state index is 11.9. The summed E-state index contributed by atoms with van der Waals surface area (Å²) in [6.45, 7) is 3.07. The number of rotatable bonds is 5. The summed E-state index contributed by atoms with van der Waals surface area (Å²) in [6.07, 6.45) is 12.8. The summed E-state index contributed by atoms with van der Waals surface area (Å²) < 4.78 is 0. The average Bonchev–Trinajstić information content (AvgIpc) is 2.48. The lowest BCUT2D eigenvalue weighted by Gasteiger charge is -2.40. The molecular formula is C17H31N3O.